The highest BCUT2D eigenvalue weighted by Gasteiger charge is 2.21. The second kappa shape index (κ2) is 9.28. The lowest BCUT2D eigenvalue weighted by atomic mass is 10.1. The van der Waals surface area contributed by atoms with Gasteiger partial charge < -0.3 is 19.5 Å². The van der Waals surface area contributed by atoms with Crippen LogP contribution in [0.1, 0.15) is 29.8 Å². The third-order valence-corrected chi connectivity index (χ3v) is 4.23. The van der Waals surface area contributed by atoms with Crippen LogP contribution in [-0.4, -0.2) is 32.2 Å². The van der Waals surface area contributed by atoms with Gasteiger partial charge in [0.05, 0.1) is 24.8 Å². The van der Waals surface area contributed by atoms with E-state index in [0.717, 1.165) is 12.0 Å². The Morgan fingerprint density at radius 3 is 2.33 bits per heavy atom. The molecule has 6 nitrogen and oxygen atoms in total. The third kappa shape index (κ3) is 5.14. The van der Waals surface area contributed by atoms with Gasteiger partial charge in [-0.25, -0.2) is 4.79 Å². The highest BCUT2D eigenvalue weighted by molar-refractivity contribution is 6.32. The minimum Gasteiger partial charge on any atom is -0.493 e. The number of carbonyl (C=O) groups is 2. The first-order valence-electron chi connectivity index (χ1n) is 8.41. The molecular weight excluding hydrogens is 370 g/mol. The van der Waals surface area contributed by atoms with Crippen LogP contribution >= 0.6 is 11.6 Å². The molecule has 0 aliphatic carbocycles. The van der Waals surface area contributed by atoms with Gasteiger partial charge in [0.15, 0.2) is 17.6 Å². The number of amides is 1. The Labute approximate surface area is 163 Å². The molecule has 0 heterocycles. The summed E-state index contributed by atoms with van der Waals surface area (Å²) in [6.45, 7) is 3.55. The van der Waals surface area contributed by atoms with Gasteiger partial charge in [0.1, 0.15) is 0 Å². The molecule has 2 aromatic carbocycles. The molecule has 27 heavy (non-hydrogen) atoms. The van der Waals surface area contributed by atoms with Crippen molar-refractivity contribution >= 4 is 29.2 Å². The maximum atomic E-state index is 12.4. The van der Waals surface area contributed by atoms with Crippen molar-refractivity contribution < 1.29 is 23.8 Å². The van der Waals surface area contributed by atoms with Crippen LogP contribution in [-0.2, 0) is 16.0 Å². The fourth-order valence-electron chi connectivity index (χ4n) is 2.39. The number of aryl methyl sites for hydroxylation is 1. The zero-order valence-electron chi connectivity index (χ0n) is 15.7. The lowest BCUT2D eigenvalue weighted by molar-refractivity contribution is -0.123. The van der Waals surface area contributed by atoms with Gasteiger partial charge >= 0.3 is 5.97 Å². The second-order valence-corrected chi connectivity index (χ2v) is 6.19. The highest BCUT2D eigenvalue weighted by atomic mass is 35.5. The standard InChI is InChI=1S/C20H22ClNO5/c1-5-13-6-8-15(9-7-13)22-19(23)12(2)27-20(24)14-10-16(21)18(26-4)17(11-14)25-3/h6-12H,5H2,1-4H3,(H,22,23)/t12-/m0/s1. The number of anilines is 1. The summed E-state index contributed by atoms with van der Waals surface area (Å²) in [6, 6.07) is 10.3. The first-order valence-corrected chi connectivity index (χ1v) is 8.79. The van der Waals surface area contributed by atoms with Crippen molar-refractivity contribution in [3.8, 4) is 11.5 Å². The SMILES string of the molecule is CCc1ccc(NC(=O)[C@H](C)OC(=O)c2cc(Cl)c(OC)c(OC)c2)cc1. The van der Waals surface area contributed by atoms with Gasteiger partial charge in [0, 0.05) is 5.69 Å². The van der Waals surface area contributed by atoms with Gasteiger partial charge in [-0.3, -0.25) is 4.79 Å². The van der Waals surface area contributed by atoms with Crippen LogP contribution in [0.2, 0.25) is 5.02 Å². The number of esters is 1. The van der Waals surface area contributed by atoms with Gasteiger partial charge in [-0.1, -0.05) is 30.7 Å². The Kier molecular flexibility index (Phi) is 7.07. The minimum absolute atomic E-state index is 0.157. The van der Waals surface area contributed by atoms with Crippen LogP contribution in [0.15, 0.2) is 36.4 Å². The number of carbonyl (C=O) groups excluding carboxylic acids is 2. The summed E-state index contributed by atoms with van der Waals surface area (Å²) < 4.78 is 15.5. The number of hydrogen-bond acceptors (Lipinski definition) is 5. The maximum Gasteiger partial charge on any atom is 0.339 e. The lowest BCUT2D eigenvalue weighted by Gasteiger charge is -2.15. The molecule has 144 valence electrons. The predicted molar refractivity (Wildman–Crippen MR) is 104 cm³/mol. The average Bonchev–Trinajstić information content (AvgIpc) is 2.67. The zero-order chi connectivity index (χ0) is 20.0. The van der Waals surface area contributed by atoms with Gasteiger partial charge in [-0.15, -0.1) is 0 Å². The predicted octanol–water partition coefficient (Wildman–Crippen LogP) is 4.10. The molecule has 1 amide bonds. The van der Waals surface area contributed by atoms with E-state index < -0.39 is 18.0 Å². The van der Waals surface area contributed by atoms with E-state index in [-0.39, 0.29) is 10.6 Å². The molecule has 7 heteroatoms. The monoisotopic (exact) mass is 391 g/mol. The number of rotatable bonds is 7. The van der Waals surface area contributed by atoms with Crippen LogP contribution in [0, 0.1) is 0 Å². The lowest BCUT2D eigenvalue weighted by Crippen LogP contribution is -2.30. The van der Waals surface area contributed by atoms with E-state index >= 15 is 0 Å². The smallest absolute Gasteiger partial charge is 0.339 e. The molecule has 0 aliphatic rings. The topological polar surface area (TPSA) is 73.9 Å². The second-order valence-electron chi connectivity index (χ2n) is 5.78. The van der Waals surface area contributed by atoms with Gasteiger partial charge in [0.25, 0.3) is 5.91 Å². The van der Waals surface area contributed by atoms with E-state index in [1.807, 2.05) is 12.1 Å². The summed E-state index contributed by atoms with van der Waals surface area (Å²) in [6.07, 6.45) is -0.0777. The summed E-state index contributed by atoms with van der Waals surface area (Å²) in [4.78, 5) is 24.6. The number of methoxy groups -OCH3 is 2. The van der Waals surface area contributed by atoms with Crippen molar-refractivity contribution in [3.05, 3.63) is 52.5 Å². The average molecular weight is 392 g/mol. The van der Waals surface area contributed by atoms with E-state index in [0.29, 0.717) is 17.2 Å². The van der Waals surface area contributed by atoms with Crippen molar-refractivity contribution in [2.45, 2.75) is 26.4 Å². The molecule has 0 aromatic heterocycles. The van der Waals surface area contributed by atoms with E-state index in [1.54, 1.807) is 12.1 Å². The highest BCUT2D eigenvalue weighted by Crippen LogP contribution is 2.36. The molecular formula is C20H22ClNO5. The molecule has 0 saturated heterocycles. The van der Waals surface area contributed by atoms with Crippen LogP contribution in [0.5, 0.6) is 11.5 Å². The number of benzene rings is 2. The summed E-state index contributed by atoms with van der Waals surface area (Å²) in [7, 11) is 2.88. The van der Waals surface area contributed by atoms with Crippen molar-refractivity contribution in [2.24, 2.45) is 0 Å². The van der Waals surface area contributed by atoms with Crippen molar-refractivity contribution in [1.29, 1.82) is 0 Å². The fraction of sp³-hybridized carbons (Fsp3) is 0.300. The molecule has 0 fully saturated rings. The van der Waals surface area contributed by atoms with Crippen molar-refractivity contribution in [3.63, 3.8) is 0 Å². The number of nitrogens with one attached hydrogen (secondary N) is 1. The Hall–Kier alpha value is -2.73. The molecule has 0 aliphatic heterocycles. The molecule has 2 aromatic rings. The van der Waals surface area contributed by atoms with E-state index in [9.17, 15) is 9.59 Å². The van der Waals surface area contributed by atoms with E-state index in [1.165, 1.54) is 33.3 Å². The van der Waals surface area contributed by atoms with Gasteiger partial charge in [-0.2, -0.15) is 0 Å². The van der Waals surface area contributed by atoms with Crippen LogP contribution < -0.4 is 14.8 Å². The largest absolute Gasteiger partial charge is 0.493 e. The molecule has 0 bridgehead atoms. The summed E-state index contributed by atoms with van der Waals surface area (Å²) in [5.74, 6) is -0.511. The van der Waals surface area contributed by atoms with Crippen LogP contribution in [0.4, 0.5) is 5.69 Å². The van der Waals surface area contributed by atoms with Crippen LogP contribution in [0.25, 0.3) is 0 Å². The normalized spacial score (nSPS) is 11.4. The Morgan fingerprint density at radius 1 is 1.11 bits per heavy atom. The summed E-state index contributed by atoms with van der Waals surface area (Å²) in [5.41, 5.74) is 1.96. The number of halogens is 1. The first-order chi connectivity index (χ1) is 12.9. The summed E-state index contributed by atoms with van der Waals surface area (Å²) >= 11 is 6.10. The summed E-state index contributed by atoms with van der Waals surface area (Å²) in [5, 5.41) is 2.92. The van der Waals surface area contributed by atoms with E-state index in [4.69, 9.17) is 25.8 Å². The zero-order valence-corrected chi connectivity index (χ0v) is 16.4. The Balaban J connectivity index is 2.05. The van der Waals surface area contributed by atoms with Gasteiger partial charge in [-0.05, 0) is 43.2 Å². The first kappa shape index (κ1) is 20.6. The molecule has 0 spiro atoms. The van der Waals surface area contributed by atoms with E-state index in [2.05, 4.69) is 12.2 Å². The number of hydrogen-bond donors (Lipinski definition) is 1. The molecule has 0 radical (unpaired) electrons. The molecule has 0 unspecified atom stereocenters. The third-order valence-electron chi connectivity index (χ3n) is 3.95. The molecule has 1 atom stereocenters. The molecule has 0 saturated carbocycles. The van der Waals surface area contributed by atoms with Crippen molar-refractivity contribution in [2.75, 3.05) is 19.5 Å². The van der Waals surface area contributed by atoms with Crippen molar-refractivity contribution in [1.82, 2.24) is 0 Å². The van der Waals surface area contributed by atoms with Gasteiger partial charge in [0.2, 0.25) is 0 Å². The quantitative estimate of drug-likeness (QED) is 0.719. The maximum absolute atomic E-state index is 12.4. The molecule has 2 rings (SSSR count). The molecule has 1 N–H and O–H groups in total. The Bertz CT molecular complexity index is 820. The minimum atomic E-state index is -0.991. The van der Waals surface area contributed by atoms with Crippen LogP contribution in [0.3, 0.4) is 0 Å². The fourth-order valence-corrected chi connectivity index (χ4v) is 2.67. The number of ether oxygens (including phenoxy) is 3. The Morgan fingerprint density at radius 2 is 1.78 bits per heavy atom.